The van der Waals surface area contributed by atoms with Crippen LogP contribution in [-0.4, -0.2) is 30.0 Å². The van der Waals surface area contributed by atoms with Gasteiger partial charge in [-0.3, -0.25) is 24.2 Å². The van der Waals surface area contributed by atoms with Crippen LogP contribution in [0.2, 0.25) is 5.02 Å². The Balaban J connectivity index is 1.53. The number of halogens is 1. The third kappa shape index (κ3) is 3.65. The van der Waals surface area contributed by atoms with E-state index in [2.05, 4.69) is 5.32 Å². The molecule has 1 spiro atoms. The summed E-state index contributed by atoms with van der Waals surface area (Å²) in [5.41, 5.74) is 4.59. The highest BCUT2D eigenvalue weighted by Crippen LogP contribution is 2.55. The van der Waals surface area contributed by atoms with E-state index in [-0.39, 0.29) is 30.0 Å². The van der Waals surface area contributed by atoms with E-state index in [4.69, 9.17) is 11.6 Å². The first-order valence-corrected chi connectivity index (χ1v) is 12.2. The van der Waals surface area contributed by atoms with Gasteiger partial charge >= 0.3 is 0 Å². The van der Waals surface area contributed by atoms with Gasteiger partial charge in [0.25, 0.3) is 5.91 Å². The third-order valence-electron chi connectivity index (χ3n) is 5.94. The standard InChI is InChI=1S/C26H22ClN3O3S/c1-16-10-17(2)12-20(11-16)30-24(32)15-34-26(30)21-8-3-4-9-22(21)29(25(26)33)14-23(31)28-19-7-5-6-18(27)13-19/h3-13H,14-15H2,1-2H3,(H,28,31). The molecule has 1 fully saturated rings. The largest absolute Gasteiger partial charge is 0.324 e. The van der Waals surface area contributed by atoms with Gasteiger partial charge in [-0.15, -0.1) is 11.8 Å². The highest BCUT2D eigenvalue weighted by atomic mass is 35.5. The van der Waals surface area contributed by atoms with Crippen molar-refractivity contribution in [2.24, 2.45) is 0 Å². The first-order valence-electron chi connectivity index (χ1n) is 10.8. The van der Waals surface area contributed by atoms with Gasteiger partial charge in [-0.2, -0.15) is 0 Å². The molecule has 1 N–H and O–H groups in total. The van der Waals surface area contributed by atoms with E-state index in [1.54, 1.807) is 29.2 Å². The zero-order valence-electron chi connectivity index (χ0n) is 18.7. The maximum atomic E-state index is 14.0. The van der Waals surface area contributed by atoms with E-state index in [0.29, 0.717) is 27.6 Å². The summed E-state index contributed by atoms with van der Waals surface area (Å²) in [7, 11) is 0. The molecule has 0 bridgehead atoms. The van der Waals surface area contributed by atoms with Gasteiger partial charge in [0.15, 0.2) is 0 Å². The second-order valence-electron chi connectivity index (χ2n) is 8.47. The number of rotatable bonds is 4. The fraction of sp³-hybridized carbons (Fsp3) is 0.192. The molecular formula is C26H22ClN3O3S. The molecule has 0 radical (unpaired) electrons. The average Bonchev–Trinajstić information content (AvgIpc) is 3.24. The fourth-order valence-electron chi connectivity index (χ4n) is 4.70. The number of thioether (sulfide) groups is 1. The van der Waals surface area contributed by atoms with E-state index in [1.165, 1.54) is 16.7 Å². The molecule has 172 valence electrons. The fourth-order valence-corrected chi connectivity index (χ4v) is 6.25. The first-order chi connectivity index (χ1) is 16.3. The second kappa shape index (κ2) is 8.49. The van der Waals surface area contributed by atoms with Crippen molar-refractivity contribution < 1.29 is 14.4 Å². The van der Waals surface area contributed by atoms with Gasteiger partial charge in [0.2, 0.25) is 16.7 Å². The molecular weight excluding hydrogens is 470 g/mol. The minimum atomic E-state index is -1.25. The molecule has 3 amide bonds. The van der Waals surface area contributed by atoms with Crippen LogP contribution in [0.15, 0.2) is 66.7 Å². The van der Waals surface area contributed by atoms with Crippen molar-refractivity contribution in [2.45, 2.75) is 18.7 Å². The molecule has 8 heteroatoms. The van der Waals surface area contributed by atoms with E-state index >= 15 is 0 Å². The van der Waals surface area contributed by atoms with Crippen molar-refractivity contribution >= 4 is 58.1 Å². The maximum Gasteiger partial charge on any atom is 0.269 e. The number of anilines is 3. The summed E-state index contributed by atoms with van der Waals surface area (Å²) in [6, 6.07) is 20.1. The Morgan fingerprint density at radius 1 is 1.03 bits per heavy atom. The van der Waals surface area contributed by atoms with Gasteiger partial charge in [-0.25, -0.2) is 0 Å². The zero-order chi connectivity index (χ0) is 24.0. The quantitative estimate of drug-likeness (QED) is 0.565. The monoisotopic (exact) mass is 491 g/mol. The summed E-state index contributed by atoms with van der Waals surface area (Å²) >= 11 is 7.32. The van der Waals surface area contributed by atoms with Crippen molar-refractivity contribution in [2.75, 3.05) is 27.4 Å². The lowest BCUT2D eigenvalue weighted by Gasteiger charge is -2.33. The molecule has 5 rings (SSSR count). The number of fused-ring (bicyclic) bond motifs is 2. The Morgan fingerprint density at radius 2 is 1.76 bits per heavy atom. The minimum absolute atomic E-state index is 0.136. The Bertz CT molecular complexity index is 1320. The lowest BCUT2D eigenvalue weighted by atomic mass is 10.0. The van der Waals surface area contributed by atoms with E-state index in [1.807, 2.05) is 56.3 Å². The van der Waals surface area contributed by atoms with Crippen molar-refractivity contribution in [3.63, 3.8) is 0 Å². The molecule has 1 atom stereocenters. The van der Waals surface area contributed by atoms with Crippen LogP contribution >= 0.6 is 23.4 Å². The number of hydrogen-bond donors (Lipinski definition) is 1. The highest BCUT2D eigenvalue weighted by Gasteiger charge is 2.61. The van der Waals surface area contributed by atoms with Gasteiger partial charge in [0.05, 0.1) is 11.4 Å². The van der Waals surface area contributed by atoms with Gasteiger partial charge < -0.3 is 5.32 Å². The third-order valence-corrected chi connectivity index (χ3v) is 7.56. The minimum Gasteiger partial charge on any atom is -0.324 e. The maximum absolute atomic E-state index is 14.0. The molecule has 0 aliphatic carbocycles. The van der Waals surface area contributed by atoms with Crippen LogP contribution < -0.4 is 15.1 Å². The van der Waals surface area contributed by atoms with E-state index in [9.17, 15) is 14.4 Å². The summed E-state index contributed by atoms with van der Waals surface area (Å²) in [4.78, 5) is 41.9. The van der Waals surface area contributed by atoms with Crippen molar-refractivity contribution in [3.8, 4) is 0 Å². The summed E-state index contributed by atoms with van der Waals surface area (Å²) in [5, 5.41) is 3.31. The average molecular weight is 492 g/mol. The van der Waals surface area contributed by atoms with Crippen LogP contribution in [0, 0.1) is 13.8 Å². The topological polar surface area (TPSA) is 69.7 Å². The Kier molecular flexibility index (Phi) is 5.62. The number of nitrogens with zero attached hydrogens (tertiary/aromatic N) is 2. The van der Waals surface area contributed by atoms with Crippen LogP contribution in [0.3, 0.4) is 0 Å². The number of benzene rings is 3. The van der Waals surface area contributed by atoms with Crippen LogP contribution in [0.5, 0.6) is 0 Å². The number of carbonyl (C=O) groups excluding carboxylic acids is 3. The second-order valence-corrected chi connectivity index (χ2v) is 10.1. The van der Waals surface area contributed by atoms with Crippen molar-refractivity contribution in [1.29, 1.82) is 0 Å². The SMILES string of the molecule is Cc1cc(C)cc(N2C(=O)CSC23C(=O)N(CC(=O)Nc2cccc(Cl)c2)c2ccccc23)c1. The number of aryl methyl sites for hydroxylation is 2. The smallest absolute Gasteiger partial charge is 0.269 e. The van der Waals surface area contributed by atoms with Crippen molar-refractivity contribution in [1.82, 2.24) is 0 Å². The number of para-hydroxylation sites is 1. The molecule has 2 heterocycles. The molecule has 3 aromatic rings. The highest BCUT2D eigenvalue weighted by molar-refractivity contribution is 8.02. The number of amides is 3. The van der Waals surface area contributed by atoms with Crippen LogP contribution in [0.4, 0.5) is 17.1 Å². The van der Waals surface area contributed by atoms with Crippen LogP contribution in [0.1, 0.15) is 16.7 Å². The molecule has 1 saturated heterocycles. The predicted octanol–water partition coefficient (Wildman–Crippen LogP) is 4.87. The molecule has 34 heavy (non-hydrogen) atoms. The molecule has 2 aliphatic heterocycles. The van der Waals surface area contributed by atoms with E-state index in [0.717, 1.165) is 11.1 Å². The van der Waals surface area contributed by atoms with Gasteiger partial charge in [-0.05, 0) is 61.4 Å². The van der Waals surface area contributed by atoms with Gasteiger partial charge in [-0.1, -0.05) is 41.9 Å². The number of hydrogen-bond acceptors (Lipinski definition) is 4. The molecule has 0 saturated carbocycles. The van der Waals surface area contributed by atoms with E-state index < -0.39 is 4.87 Å². The van der Waals surface area contributed by atoms with Crippen LogP contribution in [0.25, 0.3) is 0 Å². The van der Waals surface area contributed by atoms with Crippen molar-refractivity contribution in [3.05, 3.63) is 88.4 Å². The summed E-state index contributed by atoms with van der Waals surface area (Å²) in [6.07, 6.45) is 0. The molecule has 3 aromatic carbocycles. The number of nitrogens with one attached hydrogen (secondary N) is 1. The molecule has 6 nitrogen and oxygen atoms in total. The number of carbonyl (C=O) groups is 3. The summed E-state index contributed by atoms with van der Waals surface area (Å²) < 4.78 is 0. The molecule has 1 unspecified atom stereocenters. The van der Waals surface area contributed by atoms with Gasteiger partial charge in [0, 0.05) is 22.0 Å². The Labute approximate surface area is 206 Å². The summed E-state index contributed by atoms with van der Waals surface area (Å²) in [6.45, 7) is 3.75. The van der Waals surface area contributed by atoms with Gasteiger partial charge in [0.1, 0.15) is 6.54 Å². The van der Waals surface area contributed by atoms with Crippen LogP contribution in [-0.2, 0) is 19.3 Å². The lowest BCUT2D eigenvalue weighted by Crippen LogP contribution is -2.51. The zero-order valence-corrected chi connectivity index (χ0v) is 20.2. The normalized spacial score (nSPS) is 19.1. The summed E-state index contributed by atoms with van der Waals surface area (Å²) in [5.74, 6) is -0.613. The Morgan fingerprint density at radius 3 is 2.50 bits per heavy atom. The predicted molar refractivity (Wildman–Crippen MR) is 136 cm³/mol. The Hall–Kier alpha value is -3.29. The first kappa shape index (κ1) is 22.5. The molecule has 0 aromatic heterocycles. The molecule has 2 aliphatic rings. The lowest BCUT2D eigenvalue weighted by molar-refractivity contribution is -0.124.